The van der Waals surface area contributed by atoms with Crippen molar-refractivity contribution in [1.82, 2.24) is 10.6 Å². The molecule has 0 saturated carbocycles. The number of primary amides is 1. The molecule has 2 aromatic rings. The predicted octanol–water partition coefficient (Wildman–Crippen LogP) is 2.62. The lowest BCUT2D eigenvalue weighted by atomic mass is 10.1. The molecule has 0 radical (unpaired) electrons. The Morgan fingerprint density at radius 2 is 1.61 bits per heavy atom. The fourth-order valence-electron chi connectivity index (χ4n) is 2.75. The van der Waals surface area contributed by atoms with Crippen molar-refractivity contribution in [3.8, 4) is 0 Å². The molecule has 0 bridgehead atoms. The van der Waals surface area contributed by atoms with Crippen LogP contribution in [0.15, 0.2) is 59.1 Å². The van der Waals surface area contributed by atoms with Gasteiger partial charge in [-0.05, 0) is 30.2 Å². The van der Waals surface area contributed by atoms with Crippen molar-refractivity contribution in [1.29, 1.82) is 0 Å². The molecule has 4 N–H and O–H groups in total. The Kier molecular flexibility index (Phi) is 8.19. The van der Waals surface area contributed by atoms with Crippen molar-refractivity contribution in [3.05, 3.63) is 70.2 Å². The number of carbonyl (C=O) groups is 3. The van der Waals surface area contributed by atoms with Crippen LogP contribution >= 0.6 is 15.9 Å². The minimum atomic E-state index is -0.826. The Morgan fingerprint density at radius 3 is 2.21 bits per heavy atom. The van der Waals surface area contributed by atoms with Gasteiger partial charge in [0.15, 0.2) is 0 Å². The van der Waals surface area contributed by atoms with Crippen molar-refractivity contribution in [3.63, 3.8) is 0 Å². The van der Waals surface area contributed by atoms with Gasteiger partial charge >= 0.3 is 0 Å². The molecule has 0 aliphatic heterocycles. The number of hydrogen-bond acceptors (Lipinski definition) is 3. The van der Waals surface area contributed by atoms with Gasteiger partial charge in [-0.2, -0.15) is 0 Å². The monoisotopic (exact) mass is 445 g/mol. The molecule has 2 atom stereocenters. The Labute approximate surface area is 173 Å². The van der Waals surface area contributed by atoms with E-state index in [1.54, 1.807) is 0 Å². The lowest BCUT2D eigenvalue weighted by Gasteiger charge is -2.17. The van der Waals surface area contributed by atoms with Gasteiger partial charge in [0.1, 0.15) is 6.04 Å². The van der Waals surface area contributed by atoms with Gasteiger partial charge in [0.2, 0.25) is 17.7 Å². The van der Waals surface area contributed by atoms with Crippen molar-refractivity contribution in [2.45, 2.75) is 38.3 Å². The lowest BCUT2D eigenvalue weighted by Crippen LogP contribution is -2.46. The normalized spacial score (nSPS) is 12.6. The molecule has 0 heterocycles. The molecule has 148 valence electrons. The Hall–Kier alpha value is -2.67. The summed E-state index contributed by atoms with van der Waals surface area (Å²) < 4.78 is 0.878. The second-order valence-electron chi connectivity index (χ2n) is 6.56. The number of hydrogen-bond donors (Lipinski definition) is 3. The van der Waals surface area contributed by atoms with Gasteiger partial charge in [-0.1, -0.05) is 58.4 Å². The molecular weight excluding hydrogens is 422 g/mol. The SMILES string of the molecule is C[C@@H](NC(=O)CCC(=O)N[C@@H](Cc1cccc(Br)c1)C(N)=O)c1ccccc1. The van der Waals surface area contributed by atoms with E-state index < -0.39 is 11.9 Å². The van der Waals surface area contributed by atoms with E-state index in [2.05, 4.69) is 26.6 Å². The zero-order valence-electron chi connectivity index (χ0n) is 15.7. The number of rotatable bonds is 9. The molecule has 0 saturated heterocycles. The minimum absolute atomic E-state index is 0.0182. The molecule has 2 rings (SSSR count). The molecule has 2 aromatic carbocycles. The van der Waals surface area contributed by atoms with E-state index in [4.69, 9.17) is 5.73 Å². The summed E-state index contributed by atoms with van der Waals surface area (Å²) in [6, 6.07) is 16.0. The smallest absolute Gasteiger partial charge is 0.240 e. The van der Waals surface area contributed by atoms with Gasteiger partial charge in [0.25, 0.3) is 0 Å². The second-order valence-corrected chi connectivity index (χ2v) is 7.47. The zero-order chi connectivity index (χ0) is 20.5. The van der Waals surface area contributed by atoms with Crippen LogP contribution in [-0.2, 0) is 20.8 Å². The van der Waals surface area contributed by atoms with Crippen LogP contribution in [0.1, 0.15) is 36.9 Å². The maximum Gasteiger partial charge on any atom is 0.240 e. The highest BCUT2D eigenvalue weighted by Gasteiger charge is 2.19. The molecule has 0 aliphatic carbocycles. The van der Waals surface area contributed by atoms with Crippen LogP contribution in [0.4, 0.5) is 0 Å². The molecule has 28 heavy (non-hydrogen) atoms. The molecule has 0 fully saturated rings. The molecular formula is C21H24BrN3O3. The van der Waals surface area contributed by atoms with Crippen LogP contribution in [0.2, 0.25) is 0 Å². The number of amides is 3. The topological polar surface area (TPSA) is 101 Å². The van der Waals surface area contributed by atoms with Crippen molar-refractivity contribution < 1.29 is 14.4 Å². The summed E-state index contributed by atoms with van der Waals surface area (Å²) in [7, 11) is 0. The average molecular weight is 446 g/mol. The van der Waals surface area contributed by atoms with E-state index in [0.29, 0.717) is 0 Å². The maximum absolute atomic E-state index is 12.2. The van der Waals surface area contributed by atoms with E-state index in [1.165, 1.54) is 0 Å². The Morgan fingerprint density at radius 1 is 0.964 bits per heavy atom. The summed E-state index contributed by atoms with van der Waals surface area (Å²) in [5.41, 5.74) is 7.27. The molecule has 0 aliphatic rings. The van der Waals surface area contributed by atoms with Crippen LogP contribution < -0.4 is 16.4 Å². The van der Waals surface area contributed by atoms with Gasteiger partial charge in [0.05, 0.1) is 6.04 Å². The van der Waals surface area contributed by atoms with Crippen LogP contribution in [0, 0.1) is 0 Å². The van der Waals surface area contributed by atoms with E-state index in [-0.39, 0.29) is 37.1 Å². The fraction of sp³-hybridized carbons (Fsp3) is 0.286. The third kappa shape index (κ3) is 7.15. The van der Waals surface area contributed by atoms with E-state index in [0.717, 1.165) is 15.6 Å². The van der Waals surface area contributed by atoms with Gasteiger partial charge in [-0.15, -0.1) is 0 Å². The third-order valence-corrected chi connectivity index (χ3v) is 4.76. The number of carbonyl (C=O) groups excluding carboxylic acids is 3. The summed E-state index contributed by atoms with van der Waals surface area (Å²) in [5, 5.41) is 5.47. The van der Waals surface area contributed by atoms with Crippen molar-refractivity contribution in [2.75, 3.05) is 0 Å². The predicted molar refractivity (Wildman–Crippen MR) is 111 cm³/mol. The molecule has 0 spiro atoms. The van der Waals surface area contributed by atoms with Crippen molar-refractivity contribution >= 4 is 33.7 Å². The number of nitrogens with two attached hydrogens (primary N) is 1. The standard InChI is InChI=1S/C21H24BrN3O3/c1-14(16-7-3-2-4-8-16)24-19(26)10-11-20(27)25-18(21(23)28)13-15-6-5-9-17(22)12-15/h2-9,12,14,18H,10-11,13H2,1H3,(H2,23,28)(H,24,26)(H,25,27)/t14-,18+/m1/s1. The maximum atomic E-state index is 12.2. The molecule has 0 aromatic heterocycles. The van der Waals surface area contributed by atoms with Gasteiger partial charge < -0.3 is 16.4 Å². The highest BCUT2D eigenvalue weighted by Crippen LogP contribution is 2.14. The molecule has 3 amide bonds. The summed E-state index contributed by atoms with van der Waals surface area (Å²) in [5.74, 6) is -1.23. The largest absolute Gasteiger partial charge is 0.368 e. The Balaban J connectivity index is 1.82. The van der Waals surface area contributed by atoms with Crippen molar-refractivity contribution in [2.24, 2.45) is 5.73 Å². The highest BCUT2D eigenvalue weighted by molar-refractivity contribution is 9.10. The number of nitrogens with one attached hydrogen (secondary N) is 2. The first kappa shape index (κ1) is 21.6. The summed E-state index contributed by atoms with van der Waals surface area (Å²) in [6.45, 7) is 1.88. The fourth-order valence-corrected chi connectivity index (χ4v) is 3.20. The quantitative estimate of drug-likeness (QED) is 0.552. The zero-order valence-corrected chi connectivity index (χ0v) is 17.2. The first-order chi connectivity index (χ1) is 13.3. The lowest BCUT2D eigenvalue weighted by molar-refractivity contribution is -0.129. The summed E-state index contributed by atoms with van der Waals surface area (Å²) in [4.78, 5) is 35.9. The molecule has 7 heteroatoms. The van der Waals surface area contributed by atoms with Crippen LogP contribution in [0.5, 0.6) is 0 Å². The van der Waals surface area contributed by atoms with Gasteiger partial charge in [-0.25, -0.2) is 0 Å². The number of benzene rings is 2. The second kappa shape index (κ2) is 10.6. The summed E-state index contributed by atoms with van der Waals surface area (Å²) >= 11 is 3.37. The molecule has 6 nitrogen and oxygen atoms in total. The Bertz CT molecular complexity index is 827. The van der Waals surface area contributed by atoms with Gasteiger partial charge in [0, 0.05) is 23.7 Å². The molecule has 0 unspecified atom stereocenters. The van der Waals surface area contributed by atoms with Crippen LogP contribution in [-0.4, -0.2) is 23.8 Å². The first-order valence-corrected chi connectivity index (χ1v) is 9.82. The van der Waals surface area contributed by atoms with E-state index in [9.17, 15) is 14.4 Å². The van der Waals surface area contributed by atoms with E-state index in [1.807, 2.05) is 61.5 Å². The highest BCUT2D eigenvalue weighted by atomic mass is 79.9. The third-order valence-electron chi connectivity index (χ3n) is 4.26. The first-order valence-electron chi connectivity index (χ1n) is 9.02. The summed E-state index contributed by atoms with van der Waals surface area (Å²) in [6.07, 6.45) is 0.304. The van der Waals surface area contributed by atoms with Crippen LogP contribution in [0.25, 0.3) is 0 Å². The average Bonchev–Trinajstić information content (AvgIpc) is 2.66. The minimum Gasteiger partial charge on any atom is -0.368 e. The van der Waals surface area contributed by atoms with Gasteiger partial charge in [-0.3, -0.25) is 14.4 Å². The van der Waals surface area contributed by atoms with E-state index >= 15 is 0 Å². The van der Waals surface area contributed by atoms with Crippen LogP contribution in [0.3, 0.4) is 0 Å². The number of halogens is 1.